The smallest absolute Gasteiger partial charge is 0.308 e. The molecule has 4 rings (SSSR count). The summed E-state index contributed by atoms with van der Waals surface area (Å²) < 4.78 is 39.5. The van der Waals surface area contributed by atoms with Gasteiger partial charge in [0.25, 0.3) is 0 Å². The maximum Gasteiger partial charge on any atom is 0.350 e. The Morgan fingerprint density at radius 2 is 1.28 bits per heavy atom. The molecule has 2 atom stereocenters. The lowest BCUT2D eigenvalue weighted by atomic mass is 9.88. The van der Waals surface area contributed by atoms with E-state index in [1.165, 1.54) is 0 Å². The Morgan fingerprint density at radius 1 is 0.812 bits per heavy atom. The number of hydrogen-bond donors (Lipinski definition) is 0. The van der Waals surface area contributed by atoms with Gasteiger partial charge >= 0.3 is 7.60 Å². The van der Waals surface area contributed by atoms with Crippen LogP contribution in [0.25, 0.3) is 0 Å². The molecule has 1 fully saturated rings. The Morgan fingerprint density at radius 3 is 1.72 bits per heavy atom. The van der Waals surface area contributed by atoms with Gasteiger partial charge in [-0.2, -0.15) is 0 Å². The van der Waals surface area contributed by atoms with Crippen LogP contribution in [-0.4, -0.2) is 21.9 Å². The first-order valence-electron chi connectivity index (χ1n) is 10.9. The Bertz CT molecular complexity index is 1080. The third kappa shape index (κ3) is 3.52. The first-order valence-corrected chi connectivity index (χ1v) is 13.6. The van der Waals surface area contributed by atoms with Gasteiger partial charge in [0.1, 0.15) is 0 Å². The van der Waals surface area contributed by atoms with Crippen LogP contribution in [0.2, 0.25) is 0 Å². The summed E-state index contributed by atoms with van der Waals surface area (Å²) in [5.41, 5.74) is 2.24. The fourth-order valence-corrected chi connectivity index (χ4v) is 10.1. The second-order valence-corrected chi connectivity index (χ2v) is 12.3. The van der Waals surface area contributed by atoms with Gasteiger partial charge < -0.3 is 9.05 Å². The second-order valence-electron chi connectivity index (χ2n) is 8.01. The fourth-order valence-electron chi connectivity index (χ4n) is 4.68. The molecule has 0 bridgehead atoms. The van der Waals surface area contributed by atoms with E-state index in [2.05, 4.69) is 0 Å². The van der Waals surface area contributed by atoms with Crippen LogP contribution in [0.4, 0.5) is 0 Å². The number of aryl methyl sites for hydroxylation is 1. The largest absolute Gasteiger partial charge is 0.350 e. The van der Waals surface area contributed by atoms with Gasteiger partial charge in [-0.25, -0.2) is 0 Å². The van der Waals surface area contributed by atoms with E-state index in [-0.39, 0.29) is 13.2 Å². The van der Waals surface area contributed by atoms with Crippen molar-refractivity contribution in [2.75, 3.05) is 13.2 Å². The minimum absolute atomic E-state index is 0.212. The van der Waals surface area contributed by atoms with Gasteiger partial charge in [-0.05, 0) is 50.5 Å². The standard InChI is InChI=1S/C26H29O4PS/c1-4-29-31(27,30-5-2)26(32(28)24-18-16-21(3)17-19-24)20-25(26,22-12-8-6-9-13-22)23-14-10-7-11-15-23/h6-19H,4-5,20H2,1-3H3/t26-,32?/m1/s1. The molecule has 1 aliphatic rings. The summed E-state index contributed by atoms with van der Waals surface area (Å²) in [5.74, 6) is 0. The van der Waals surface area contributed by atoms with Crippen LogP contribution in [0.5, 0.6) is 0 Å². The average Bonchev–Trinajstić information content (AvgIpc) is 3.54. The van der Waals surface area contributed by atoms with Crippen molar-refractivity contribution in [2.24, 2.45) is 0 Å². The lowest BCUT2D eigenvalue weighted by Gasteiger charge is -2.32. The quantitative estimate of drug-likeness (QED) is 0.339. The number of rotatable bonds is 9. The molecular formula is C26H29O4PS. The third-order valence-corrected chi connectivity index (χ3v) is 11.8. The Kier molecular flexibility index (Phi) is 6.56. The van der Waals surface area contributed by atoms with Crippen molar-refractivity contribution < 1.29 is 17.8 Å². The topological polar surface area (TPSA) is 52.6 Å². The van der Waals surface area contributed by atoms with Gasteiger partial charge in [-0.1, -0.05) is 78.4 Å². The highest BCUT2D eigenvalue weighted by Crippen LogP contribution is 2.83. The van der Waals surface area contributed by atoms with Gasteiger partial charge in [0.05, 0.1) is 29.4 Å². The van der Waals surface area contributed by atoms with Crippen molar-refractivity contribution in [1.29, 1.82) is 0 Å². The minimum Gasteiger partial charge on any atom is -0.308 e. The summed E-state index contributed by atoms with van der Waals surface area (Å²) in [7, 11) is -5.44. The zero-order valence-corrected chi connectivity index (χ0v) is 20.4. The first-order chi connectivity index (χ1) is 15.4. The molecule has 0 heterocycles. The van der Waals surface area contributed by atoms with Crippen molar-refractivity contribution in [3.63, 3.8) is 0 Å². The highest BCUT2D eigenvalue weighted by molar-refractivity contribution is 7.95. The Labute approximate surface area is 193 Å². The molecule has 0 N–H and O–H groups in total. The van der Waals surface area contributed by atoms with Crippen LogP contribution in [0, 0.1) is 6.92 Å². The molecule has 3 aromatic rings. The fraction of sp³-hybridized carbons (Fsp3) is 0.308. The number of benzene rings is 3. The van der Waals surface area contributed by atoms with Crippen LogP contribution in [0.15, 0.2) is 89.8 Å². The maximum absolute atomic E-state index is 14.5. The lowest BCUT2D eigenvalue weighted by molar-refractivity contribution is 0.215. The summed E-state index contributed by atoms with van der Waals surface area (Å²) in [4.78, 5) is 0.629. The summed E-state index contributed by atoms with van der Waals surface area (Å²) in [6.45, 7) is 6.00. The van der Waals surface area contributed by atoms with E-state index in [0.29, 0.717) is 11.3 Å². The van der Waals surface area contributed by atoms with Crippen LogP contribution < -0.4 is 0 Å². The van der Waals surface area contributed by atoms with Gasteiger partial charge in [-0.3, -0.25) is 8.77 Å². The van der Waals surface area contributed by atoms with E-state index in [1.807, 2.05) is 91.9 Å². The monoisotopic (exact) mass is 468 g/mol. The molecule has 168 valence electrons. The van der Waals surface area contributed by atoms with E-state index < -0.39 is 28.3 Å². The van der Waals surface area contributed by atoms with Crippen LogP contribution in [0.3, 0.4) is 0 Å². The zero-order valence-electron chi connectivity index (χ0n) is 18.7. The van der Waals surface area contributed by atoms with E-state index in [1.54, 1.807) is 13.8 Å². The minimum atomic E-state index is -3.80. The zero-order chi connectivity index (χ0) is 22.8. The molecule has 1 saturated carbocycles. The van der Waals surface area contributed by atoms with Crippen LogP contribution in [0.1, 0.15) is 37.0 Å². The van der Waals surface area contributed by atoms with Gasteiger partial charge in [0, 0.05) is 4.90 Å². The lowest BCUT2D eigenvalue weighted by Crippen LogP contribution is -2.32. The highest BCUT2D eigenvalue weighted by atomic mass is 32.2. The Balaban J connectivity index is 2.01. The molecule has 0 saturated heterocycles. The van der Waals surface area contributed by atoms with E-state index in [4.69, 9.17) is 9.05 Å². The highest BCUT2D eigenvalue weighted by Gasteiger charge is 2.82. The summed E-state index contributed by atoms with van der Waals surface area (Å²) >= 11 is 0. The molecule has 32 heavy (non-hydrogen) atoms. The van der Waals surface area contributed by atoms with Crippen LogP contribution >= 0.6 is 7.60 Å². The summed E-state index contributed by atoms with van der Waals surface area (Å²) in [6.07, 6.45) is 0.409. The molecule has 3 aromatic carbocycles. The van der Waals surface area contributed by atoms with Crippen molar-refractivity contribution >= 4 is 18.4 Å². The van der Waals surface area contributed by atoms with E-state index >= 15 is 0 Å². The van der Waals surface area contributed by atoms with Gasteiger partial charge in [-0.15, -0.1) is 0 Å². The summed E-state index contributed by atoms with van der Waals surface area (Å²) in [5, 5.41) is 0. The molecule has 1 unspecified atom stereocenters. The van der Waals surface area contributed by atoms with Crippen LogP contribution in [-0.2, 0) is 29.8 Å². The maximum atomic E-state index is 14.5. The first kappa shape index (κ1) is 23.1. The normalized spacial score (nSPS) is 20.6. The molecule has 1 aliphatic carbocycles. The van der Waals surface area contributed by atoms with Crippen molar-refractivity contribution in [1.82, 2.24) is 0 Å². The third-order valence-electron chi connectivity index (χ3n) is 6.16. The number of hydrogen-bond acceptors (Lipinski definition) is 4. The van der Waals surface area contributed by atoms with Crippen molar-refractivity contribution in [2.45, 2.75) is 42.0 Å². The van der Waals surface area contributed by atoms with Crippen molar-refractivity contribution in [3.05, 3.63) is 102 Å². The molecule has 0 amide bonds. The molecule has 0 aliphatic heterocycles. The van der Waals surface area contributed by atoms with Gasteiger partial charge in [0.2, 0.25) is 0 Å². The van der Waals surface area contributed by atoms with Gasteiger partial charge in [0.15, 0.2) is 4.49 Å². The second kappa shape index (κ2) is 9.07. The van der Waals surface area contributed by atoms with Crippen molar-refractivity contribution in [3.8, 4) is 0 Å². The molecule has 4 nitrogen and oxygen atoms in total. The average molecular weight is 469 g/mol. The predicted molar refractivity (Wildman–Crippen MR) is 129 cm³/mol. The molecule has 0 spiro atoms. The summed E-state index contributed by atoms with van der Waals surface area (Å²) in [6, 6.07) is 27.4. The SMILES string of the molecule is CCOP(=O)(OCC)[C@@]1(S(=O)c2ccc(C)cc2)CC1(c1ccccc1)c1ccccc1. The Hall–Kier alpha value is -2.04. The predicted octanol–water partition coefficient (Wildman–Crippen LogP) is 6.46. The van der Waals surface area contributed by atoms with E-state index in [9.17, 15) is 8.77 Å². The molecule has 0 aromatic heterocycles. The molecule has 0 radical (unpaired) electrons. The molecule has 6 heteroatoms. The molecular weight excluding hydrogens is 439 g/mol. The van der Waals surface area contributed by atoms with E-state index in [0.717, 1.165) is 16.7 Å².